The molecule has 0 aromatic heterocycles. The van der Waals surface area contributed by atoms with Gasteiger partial charge >= 0.3 is 0 Å². The van der Waals surface area contributed by atoms with Crippen molar-refractivity contribution in [3.8, 4) is 0 Å². The largest absolute Gasteiger partial charge is 0.401 e. The van der Waals surface area contributed by atoms with Crippen LogP contribution in [0.2, 0.25) is 0 Å². The topological polar surface area (TPSA) is 38.0 Å². The van der Waals surface area contributed by atoms with Crippen LogP contribution in [-0.2, 0) is 0 Å². The third kappa shape index (κ3) is 3.30. The van der Waals surface area contributed by atoms with Crippen LogP contribution in [0.3, 0.4) is 0 Å². The molecule has 0 rings (SSSR count). The second kappa shape index (κ2) is 5.06. The molecule has 0 amide bonds. The van der Waals surface area contributed by atoms with E-state index in [1.165, 1.54) is 0 Å². The van der Waals surface area contributed by atoms with E-state index in [2.05, 4.69) is 18.5 Å². The molecule has 0 spiro atoms. The van der Waals surface area contributed by atoms with Crippen LogP contribution >= 0.6 is 0 Å². The van der Waals surface area contributed by atoms with Gasteiger partial charge in [0, 0.05) is 11.7 Å². The van der Waals surface area contributed by atoms with E-state index in [-0.39, 0.29) is 6.04 Å². The van der Waals surface area contributed by atoms with Crippen molar-refractivity contribution in [3.63, 3.8) is 0 Å². The normalized spacial score (nSPS) is 12.5. The van der Waals surface area contributed by atoms with E-state index in [1.807, 2.05) is 13.1 Å². The molecule has 1 unspecified atom stereocenters. The lowest BCUT2D eigenvalue weighted by molar-refractivity contribution is 0.590. The van der Waals surface area contributed by atoms with Crippen molar-refractivity contribution in [1.82, 2.24) is 5.32 Å². The van der Waals surface area contributed by atoms with Crippen molar-refractivity contribution in [1.29, 1.82) is 0 Å². The van der Waals surface area contributed by atoms with Gasteiger partial charge in [0.25, 0.3) is 0 Å². The highest BCUT2D eigenvalue weighted by Crippen LogP contribution is 2.01. The Morgan fingerprint density at radius 1 is 1.80 bits per heavy atom. The zero-order valence-electron chi connectivity index (χ0n) is 6.56. The first kappa shape index (κ1) is 9.24. The van der Waals surface area contributed by atoms with E-state index in [9.17, 15) is 0 Å². The molecule has 0 fully saturated rings. The molecule has 0 saturated heterocycles. The van der Waals surface area contributed by atoms with Crippen LogP contribution in [0.1, 0.15) is 12.8 Å². The molecule has 0 saturated carbocycles. The highest BCUT2D eigenvalue weighted by atomic mass is 14.9. The molecule has 0 bridgehead atoms. The van der Waals surface area contributed by atoms with Crippen LogP contribution in [0.15, 0.2) is 24.9 Å². The van der Waals surface area contributed by atoms with Gasteiger partial charge in [-0.15, -0.1) is 6.58 Å². The highest BCUT2D eigenvalue weighted by molar-refractivity contribution is 4.99. The summed E-state index contributed by atoms with van der Waals surface area (Å²) in [5.41, 5.74) is 6.20. The lowest BCUT2D eigenvalue weighted by Gasteiger charge is -2.13. The zero-order valence-corrected chi connectivity index (χ0v) is 6.56. The Labute approximate surface area is 62.8 Å². The zero-order chi connectivity index (χ0) is 7.98. The quantitative estimate of drug-likeness (QED) is 0.559. The number of allylic oxidation sites excluding steroid dienone is 1. The third-order valence-corrected chi connectivity index (χ3v) is 1.46. The number of nitrogens with two attached hydrogens (primary N) is 1. The molecule has 0 aromatic rings. The number of hydrogen-bond acceptors (Lipinski definition) is 2. The molecule has 0 aromatic carbocycles. The molecule has 0 radical (unpaired) electrons. The minimum absolute atomic E-state index is 0.234. The number of likely N-dealkylation sites (N-methyl/N-ethyl adjacent to an activating group) is 1. The predicted octanol–water partition coefficient (Wildman–Crippen LogP) is 1.01. The van der Waals surface area contributed by atoms with Crippen molar-refractivity contribution < 1.29 is 0 Å². The molecule has 0 aliphatic carbocycles. The van der Waals surface area contributed by atoms with Gasteiger partial charge in [0.15, 0.2) is 0 Å². The van der Waals surface area contributed by atoms with E-state index in [0.29, 0.717) is 5.70 Å². The van der Waals surface area contributed by atoms with Crippen molar-refractivity contribution >= 4 is 0 Å². The molecule has 2 nitrogen and oxygen atoms in total. The average Bonchev–Trinajstić information content (AvgIpc) is 1.89. The minimum atomic E-state index is 0.234. The standard InChI is InChI=1S/C8H16N2/c1-4-5-6-8(10-3)7(2)9/h4,8,10H,1-2,5-6,9H2,3H3. The summed E-state index contributed by atoms with van der Waals surface area (Å²) in [4.78, 5) is 0. The molecular weight excluding hydrogens is 124 g/mol. The molecule has 0 heterocycles. The fourth-order valence-electron chi connectivity index (χ4n) is 0.800. The van der Waals surface area contributed by atoms with E-state index in [1.54, 1.807) is 0 Å². The Hall–Kier alpha value is -0.760. The van der Waals surface area contributed by atoms with Crippen LogP contribution in [0.5, 0.6) is 0 Å². The van der Waals surface area contributed by atoms with E-state index in [4.69, 9.17) is 5.73 Å². The number of hydrogen-bond donors (Lipinski definition) is 2. The van der Waals surface area contributed by atoms with Crippen LogP contribution in [0, 0.1) is 0 Å². The summed E-state index contributed by atoms with van der Waals surface area (Å²) in [6.07, 6.45) is 3.84. The second-order valence-corrected chi connectivity index (χ2v) is 2.28. The molecular formula is C8H16N2. The predicted molar refractivity (Wildman–Crippen MR) is 45.6 cm³/mol. The molecule has 2 heteroatoms. The maximum absolute atomic E-state index is 5.50. The maximum Gasteiger partial charge on any atom is 0.0461 e. The molecule has 0 aliphatic rings. The Morgan fingerprint density at radius 2 is 2.40 bits per heavy atom. The van der Waals surface area contributed by atoms with E-state index < -0.39 is 0 Å². The first-order valence-electron chi connectivity index (χ1n) is 3.44. The van der Waals surface area contributed by atoms with Gasteiger partial charge in [-0.1, -0.05) is 12.7 Å². The van der Waals surface area contributed by atoms with Gasteiger partial charge in [-0.2, -0.15) is 0 Å². The van der Waals surface area contributed by atoms with E-state index in [0.717, 1.165) is 12.8 Å². The Balaban J connectivity index is 3.60. The summed E-state index contributed by atoms with van der Waals surface area (Å²) in [6.45, 7) is 7.29. The molecule has 58 valence electrons. The van der Waals surface area contributed by atoms with Gasteiger partial charge in [0.2, 0.25) is 0 Å². The molecule has 3 N–H and O–H groups in total. The van der Waals surface area contributed by atoms with Gasteiger partial charge in [-0.05, 0) is 19.9 Å². The van der Waals surface area contributed by atoms with Crippen molar-refractivity contribution in [2.45, 2.75) is 18.9 Å². The SMILES string of the molecule is C=CCCC(NC)C(=C)N. The number of rotatable bonds is 5. The van der Waals surface area contributed by atoms with Crippen LogP contribution in [0.25, 0.3) is 0 Å². The molecule has 10 heavy (non-hydrogen) atoms. The van der Waals surface area contributed by atoms with Gasteiger partial charge in [-0.3, -0.25) is 0 Å². The van der Waals surface area contributed by atoms with Crippen LogP contribution in [-0.4, -0.2) is 13.1 Å². The Morgan fingerprint density at radius 3 is 2.70 bits per heavy atom. The summed E-state index contributed by atoms with van der Waals surface area (Å²) in [6, 6.07) is 0.234. The van der Waals surface area contributed by atoms with Gasteiger partial charge in [-0.25, -0.2) is 0 Å². The van der Waals surface area contributed by atoms with Crippen LogP contribution < -0.4 is 11.1 Å². The van der Waals surface area contributed by atoms with Gasteiger partial charge < -0.3 is 11.1 Å². The van der Waals surface area contributed by atoms with Crippen molar-refractivity contribution in [2.75, 3.05) is 7.05 Å². The van der Waals surface area contributed by atoms with Crippen molar-refractivity contribution in [3.05, 3.63) is 24.9 Å². The lowest BCUT2D eigenvalue weighted by Crippen LogP contribution is -2.30. The summed E-state index contributed by atoms with van der Waals surface area (Å²) in [5, 5.41) is 3.06. The monoisotopic (exact) mass is 140 g/mol. The smallest absolute Gasteiger partial charge is 0.0461 e. The molecule has 1 atom stereocenters. The van der Waals surface area contributed by atoms with Crippen molar-refractivity contribution in [2.24, 2.45) is 5.73 Å². The Bertz CT molecular complexity index is 118. The average molecular weight is 140 g/mol. The second-order valence-electron chi connectivity index (χ2n) is 2.28. The first-order valence-corrected chi connectivity index (χ1v) is 3.44. The van der Waals surface area contributed by atoms with Gasteiger partial charge in [0.05, 0.1) is 0 Å². The summed E-state index contributed by atoms with van der Waals surface area (Å²) >= 11 is 0. The summed E-state index contributed by atoms with van der Waals surface area (Å²) in [7, 11) is 1.88. The minimum Gasteiger partial charge on any atom is -0.401 e. The van der Waals surface area contributed by atoms with E-state index >= 15 is 0 Å². The highest BCUT2D eigenvalue weighted by Gasteiger charge is 2.03. The first-order chi connectivity index (χ1) is 4.72. The van der Waals surface area contributed by atoms with Gasteiger partial charge in [0.1, 0.15) is 0 Å². The lowest BCUT2D eigenvalue weighted by atomic mass is 10.1. The fourth-order valence-corrected chi connectivity index (χ4v) is 0.800. The maximum atomic E-state index is 5.50. The summed E-state index contributed by atoms with van der Waals surface area (Å²) in [5.74, 6) is 0. The summed E-state index contributed by atoms with van der Waals surface area (Å²) < 4.78 is 0. The number of nitrogens with one attached hydrogen (secondary N) is 1. The van der Waals surface area contributed by atoms with Crippen LogP contribution in [0.4, 0.5) is 0 Å². The third-order valence-electron chi connectivity index (χ3n) is 1.46. The molecule has 0 aliphatic heterocycles. The fraction of sp³-hybridized carbons (Fsp3) is 0.500. The Kier molecular flexibility index (Phi) is 4.67.